The standard InChI is InChI=1S/C27H40BrN3O2/c1-5-7-9-12-26(32)31(22(3)4)21-27(33)30(17-8-6-2)20-25-11-10-18-29(25)19-23-13-15-24(28)16-14-23/h10-11,13-16,18,22H,5-9,12,17,19-21H2,1-4H3. The lowest BCUT2D eigenvalue weighted by molar-refractivity contribution is -0.142. The van der Waals surface area contributed by atoms with Crippen LogP contribution in [0.1, 0.15) is 77.5 Å². The van der Waals surface area contributed by atoms with Gasteiger partial charge >= 0.3 is 0 Å². The minimum absolute atomic E-state index is 0.0115. The number of aromatic nitrogens is 1. The van der Waals surface area contributed by atoms with Crippen molar-refractivity contribution in [1.82, 2.24) is 14.4 Å². The maximum atomic E-state index is 13.3. The average molecular weight is 519 g/mol. The van der Waals surface area contributed by atoms with Gasteiger partial charge in [-0.15, -0.1) is 0 Å². The lowest BCUT2D eigenvalue weighted by Crippen LogP contribution is -2.46. The molecule has 0 bridgehead atoms. The second-order valence-electron chi connectivity index (χ2n) is 9.00. The number of hydrogen-bond acceptors (Lipinski definition) is 2. The zero-order valence-electron chi connectivity index (χ0n) is 20.7. The van der Waals surface area contributed by atoms with Crippen molar-refractivity contribution in [1.29, 1.82) is 0 Å². The molecular weight excluding hydrogens is 478 g/mol. The Morgan fingerprint density at radius 2 is 1.67 bits per heavy atom. The second-order valence-corrected chi connectivity index (χ2v) is 9.91. The van der Waals surface area contributed by atoms with Crippen molar-refractivity contribution >= 4 is 27.7 Å². The van der Waals surface area contributed by atoms with Crippen LogP contribution in [0.5, 0.6) is 0 Å². The molecule has 0 fully saturated rings. The fourth-order valence-electron chi connectivity index (χ4n) is 3.84. The van der Waals surface area contributed by atoms with Crippen LogP contribution in [-0.2, 0) is 22.7 Å². The maximum Gasteiger partial charge on any atom is 0.242 e. The van der Waals surface area contributed by atoms with Crippen LogP contribution in [0, 0.1) is 0 Å². The zero-order valence-corrected chi connectivity index (χ0v) is 22.3. The first-order chi connectivity index (χ1) is 15.8. The summed E-state index contributed by atoms with van der Waals surface area (Å²) < 4.78 is 3.26. The minimum atomic E-state index is 0.0115. The van der Waals surface area contributed by atoms with Crippen molar-refractivity contribution in [3.8, 4) is 0 Å². The minimum Gasteiger partial charge on any atom is -0.345 e. The Morgan fingerprint density at radius 1 is 0.970 bits per heavy atom. The highest BCUT2D eigenvalue weighted by atomic mass is 79.9. The summed E-state index contributed by atoms with van der Waals surface area (Å²) in [4.78, 5) is 29.8. The van der Waals surface area contributed by atoms with E-state index in [1.54, 1.807) is 4.90 Å². The molecule has 0 radical (unpaired) electrons. The number of nitrogens with zero attached hydrogens (tertiary/aromatic N) is 3. The summed E-state index contributed by atoms with van der Waals surface area (Å²) in [7, 11) is 0. The number of carbonyl (C=O) groups is 2. The van der Waals surface area contributed by atoms with E-state index in [4.69, 9.17) is 0 Å². The molecule has 2 amide bonds. The van der Waals surface area contributed by atoms with Gasteiger partial charge in [0, 0.05) is 41.9 Å². The maximum absolute atomic E-state index is 13.3. The van der Waals surface area contributed by atoms with Gasteiger partial charge < -0.3 is 14.4 Å². The molecule has 0 spiro atoms. The Hall–Kier alpha value is -2.08. The van der Waals surface area contributed by atoms with Gasteiger partial charge in [0.2, 0.25) is 11.8 Å². The van der Waals surface area contributed by atoms with Crippen LogP contribution in [0.15, 0.2) is 47.1 Å². The Balaban J connectivity index is 2.10. The SMILES string of the molecule is CCCCCC(=O)N(CC(=O)N(CCCC)Cc1cccn1Cc1ccc(Br)cc1)C(C)C. The quantitative estimate of drug-likeness (QED) is 0.278. The Kier molecular flexibility index (Phi) is 11.7. The van der Waals surface area contributed by atoms with Crippen LogP contribution >= 0.6 is 15.9 Å². The predicted molar refractivity (Wildman–Crippen MR) is 139 cm³/mol. The van der Waals surface area contributed by atoms with Crippen molar-refractivity contribution in [2.75, 3.05) is 13.1 Å². The van der Waals surface area contributed by atoms with Gasteiger partial charge in [-0.3, -0.25) is 9.59 Å². The summed E-state index contributed by atoms with van der Waals surface area (Å²) in [5.74, 6) is 0.109. The first-order valence-corrected chi connectivity index (χ1v) is 13.1. The van der Waals surface area contributed by atoms with E-state index in [1.807, 2.05) is 36.9 Å². The molecule has 0 aliphatic heterocycles. The summed E-state index contributed by atoms with van der Waals surface area (Å²) in [6, 6.07) is 12.4. The van der Waals surface area contributed by atoms with E-state index < -0.39 is 0 Å². The predicted octanol–water partition coefficient (Wildman–Crippen LogP) is 6.24. The van der Waals surface area contributed by atoms with E-state index in [0.717, 1.165) is 48.8 Å². The number of halogens is 1. The summed E-state index contributed by atoms with van der Waals surface area (Å²) in [5, 5.41) is 0. The fourth-order valence-corrected chi connectivity index (χ4v) is 4.11. The number of hydrogen-bond donors (Lipinski definition) is 0. The van der Waals surface area contributed by atoms with Crippen molar-refractivity contribution in [2.24, 2.45) is 0 Å². The van der Waals surface area contributed by atoms with Crippen LogP contribution in [0.2, 0.25) is 0 Å². The molecule has 5 nitrogen and oxygen atoms in total. The van der Waals surface area contributed by atoms with Gasteiger partial charge in [0.1, 0.15) is 0 Å². The van der Waals surface area contributed by atoms with Crippen LogP contribution in [-0.4, -0.2) is 45.3 Å². The van der Waals surface area contributed by atoms with Crippen molar-refractivity contribution in [3.05, 3.63) is 58.3 Å². The van der Waals surface area contributed by atoms with Crippen LogP contribution in [0.3, 0.4) is 0 Å². The van der Waals surface area contributed by atoms with Gasteiger partial charge in [-0.1, -0.05) is 61.2 Å². The Labute approximate surface area is 208 Å². The number of benzene rings is 1. The van der Waals surface area contributed by atoms with Gasteiger partial charge in [0.25, 0.3) is 0 Å². The number of rotatable bonds is 14. The number of unbranched alkanes of at least 4 members (excludes halogenated alkanes) is 3. The zero-order chi connectivity index (χ0) is 24.2. The first-order valence-electron chi connectivity index (χ1n) is 12.3. The topological polar surface area (TPSA) is 45.6 Å². The van der Waals surface area contributed by atoms with Crippen LogP contribution in [0.25, 0.3) is 0 Å². The summed E-state index contributed by atoms with van der Waals surface area (Å²) >= 11 is 3.49. The van der Waals surface area contributed by atoms with Gasteiger partial charge in [-0.2, -0.15) is 0 Å². The molecular formula is C27H40BrN3O2. The Bertz CT molecular complexity index is 861. The molecule has 182 valence electrons. The lowest BCUT2D eigenvalue weighted by Gasteiger charge is -2.30. The molecule has 33 heavy (non-hydrogen) atoms. The van der Waals surface area contributed by atoms with E-state index in [-0.39, 0.29) is 24.4 Å². The summed E-state index contributed by atoms with van der Waals surface area (Å²) in [5.41, 5.74) is 2.32. The molecule has 0 aliphatic rings. The van der Waals surface area contributed by atoms with Crippen molar-refractivity contribution < 1.29 is 9.59 Å². The number of amides is 2. The highest BCUT2D eigenvalue weighted by molar-refractivity contribution is 9.10. The normalized spacial score (nSPS) is 11.1. The van der Waals surface area contributed by atoms with Gasteiger partial charge in [0.15, 0.2) is 0 Å². The lowest BCUT2D eigenvalue weighted by atomic mass is 10.1. The second kappa shape index (κ2) is 14.2. The van der Waals surface area contributed by atoms with E-state index in [0.29, 0.717) is 19.5 Å². The third-order valence-corrected chi connectivity index (χ3v) is 6.45. The molecule has 0 atom stereocenters. The molecule has 2 aromatic rings. The fraction of sp³-hybridized carbons (Fsp3) is 0.556. The highest BCUT2D eigenvalue weighted by Gasteiger charge is 2.23. The summed E-state index contributed by atoms with van der Waals surface area (Å²) in [6.07, 6.45) is 7.57. The third-order valence-electron chi connectivity index (χ3n) is 5.92. The summed E-state index contributed by atoms with van der Waals surface area (Å²) in [6.45, 7) is 10.4. The van der Waals surface area contributed by atoms with Crippen LogP contribution in [0.4, 0.5) is 0 Å². The van der Waals surface area contributed by atoms with E-state index in [9.17, 15) is 9.59 Å². The molecule has 1 aromatic carbocycles. The van der Waals surface area contributed by atoms with E-state index in [1.165, 1.54) is 5.56 Å². The van der Waals surface area contributed by atoms with Gasteiger partial charge in [0.05, 0.1) is 13.1 Å². The molecule has 6 heteroatoms. The van der Waals surface area contributed by atoms with Gasteiger partial charge in [-0.05, 0) is 56.5 Å². The molecule has 0 saturated carbocycles. The molecule has 0 aliphatic carbocycles. The Morgan fingerprint density at radius 3 is 2.30 bits per heavy atom. The first kappa shape index (κ1) is 27.2. The largest absolute Gasteiger partial charge is 0.345 e. The third kappa shape index (κ3) is 9.00. The molecule has 0 saturated heterocycles. The van der Waals surface area contributed by atoms with E-state index in [2.05, 4.69) is 58.7 Å². The van der Waals surface area contributed by atoms with Crippen molar-refractivity contribution in [2.45, 2.75) is 85.4 Å². The highest BCUT2D eigenvalue weighted by Crippen LogP contribution is 2.15. The smallest absolute Gasteiger partial charge is 0.242 e. The average Bonchev–Trinajstić information content (AvgIpc) is 3.22. The molecule has 1 heterocycles. The molecule has 2 rings (SSSR count). The van der Waals surface area contributed by atoms with Crippen molar-refractivity contribution in [3.63, 3.8) is 0 Å². The van der Waals surface area contributed by atoms with Crippen LogP contribution < -0.4 is 0 Å². The molecule has 0 N–H and O–H groups in total. The van der Waals surface area contributed by atoms with E-state index >= 15 is 0 Å². The number of carbonyl (C=O) groups excluding carboxylic acids is 2. The molecule has 0 unspecified atom stereocenters. The van der Waals surface area contributed by atoms with Gasteiger partial charge in [-0.25, -0.2) is 0 Å². The monoisotopic (exact) mass is 517 g/mol. The molecule has 1 aromatic heterocycles.